The van der Waals surface area contributed by atoms with E-state index in [1.165, 1.54) is 6.20 Å². The highest BCUT2D eigenvalue weighted by Crippen LogP contribution is 1.94. The summed E-state index contributed by atoms with van der Waals surface area (Å²) in [4.78, 5) is 3.79. The Morgan fingerprint density at radius 1 is 1.67 bits per heavy atom. The van der Waals surface area contributed by atoms with E-state index in [1.54, 1.807) is 18.7 Å². The molecule has 1 heterocycles. The third-order valence-electron chi connectivity index (χ3n) is 0.872. The van der Waals surface area contributed by atoms with E-state index >= 15 is 0 Å². The van der Waals surface area contributed by atoms with Crippen LogP contribution in [0, 0.1) is 0 Å². The minimum Gasteiger partial charge on any atom is -0.472 e. The Morgan fingerprint density at radius 3 is 3.11 bits per heavy atom. The zero-order chi connectivity index (χ0) is 6.53. The molecule has 0 aliphatic rings. The van der Waals surface area contributed by atoms with Crippen molar-refractivity contribution in [3.63, 3.8) is 0 Å². The number of hydrogen-bond donors (Lipinski definition) is 0. The minimum atomic E-state index is 0.954. The zero-order valence-electron chi connectivity index (χ0n) is 4.95. The highest BCUT2D eigenvalue weighted by atomic mass is 16.3. The molecule has 0 saturated carbocycles. The van der Waals surface area contributed by atoms with E-state index in [0.29, 0.717) is 0 Å². The maximum atomic E-state index is 4.79. The fraction of sp³-hybridized carbons (Fsp3) is 0. The van der Waals surface area contributed by atoms with Gasteiger partial charge in [-0.05, 0) is 6.07 Å². The molecule has 1 rings (SSSR count). The molecule has 46 valence electrons. The van der Waals surface area contributed by atoms with Crippen molar-refractivity contribution >= 4 is 6.21 Å². The topological polar surface area (TPSA) is 25.5 Å². The van der Waals surface area contributed by atoms with Gasteiger partial charge in [-0.25, -0.2) is 0 Å². The standard InChI is InChI=1S/C7H7NO/c1-2-8-5-7-3-4-9-6-7/h2-6H,1H2. The fourth-order valence-electron chi connectivity index (χ4n) is 0.487. The summed E-state index contributed by atoms with van der Waals surface area (Å²) >= 11 is 0. The van der Waals surface area contributed by atoms with Crippen LogP contribution >= 0.6 is 0 Å². The average molecular weight is 121 g/mol. The molecular formula is C7H7NO. The molecule has 2 nitrogen and oxygen atoms in total. The highest BCUT2D eigenvalue weighted by molar-refractivity contribution is 5.79. The normalized spacial score (nSPS) is 10.2. The van der Waals surface area contributed by atoms with Crippen LogP contribution in [0.15, 0.2) is 40.8 Å². The maximum absolute atomic E-state index is 4.79. The van der Waals surface area contributed by atoms with Gasteiger partial charge in [0.2, 0.25) is 0 Å². The van der Waals surface area contributed by atoms with Gasteiger partial charge >= 0.3 is 0 Å². The van der Waals surface area contributed by atoms with E-state index in [9.17, 15) is 0 Å². The Labute approximate surface area is 53.5 Å². The second-order valence-corrected chi connectivity index (χ2v) is 1.52. The van der Waals surface area contributed by atoms with Crippen molar-refractivity contribution in [2.45, 2.75) is 0 Å². The molecule has 0 amide bonds. The van der Waals surface area contributed by atoms with Crippen LogP contribution in [-0.4, -0.2) is 6.21 Å². The van der Waals surface area contributed by atoms with Crippen LogP contribution in [0.4, 0.5) is 0 Å². The molecular weight excluding hydrogens is 114 g/mol. The minimum absolute atomic E-state index is 0.954. The van der Waals surface area contributed by atoms with Crippen molar-refractivity contribution in [1.29, 1.82) is 0 Å². The van der Waals surface area contributed by atoms with Crippen molar-refractivity contribution in [3.8, 4) is 0 Å². The molecule has 0 N–H and O–H groups in total. The van der Waals surface area contributed by atoms with E-state index in [2.05, 4.69) is 11.6 Å². The molecule has 0 unspecified atom stereocenters. The number of hydrogen-bond acceptors (Lipinski definition) is 2. The van der Waals surface area contributed by atoms with Crippen molar-refractivity contribution in [3.05, 3.63) is 36.9 Å². The fourth-order valence-corrected chi connectivity index (χ4v) is 0.487. The molecule has 1 aromatic rings. The third-order valence-corrected chi connectivity index (χ3v) is 0.872. The van der Waals surface area contributed by atoms with Crippen molar-refractivity contribution in [2.75, 3.05) is 0 Å². The van der Waals surface area contributed by atoms with E-state index in [4.69, 9.17) is 4.42 Å². The molecule has 0 aromatic carbocycles. The number of rotatable bonds is 2. The first kappa shape index (κ1) is 5.82. The lowest BCUT2D eigenvalue weighted by Crippen LogP contribution is -1.69. The van der Waals surface area contributed by atoms with Gasteiger partial charge in [0, 0.05) is 18.0 Å². The molecule has 1 aromatic heterocycles. The molecule has 0 bridgehead atoms. The monoisotopic (exact) mass is 121 g/mol. The summed E-state index contributed by atoms with van der Waals surface area (Å²) in [5, 5.41) is 0. The lowest BCUT2D eigenvalue weighted by molar-refractivity contribution is 0.567. The summed E-state index contributed by atoms with van der Waals surface area (Å²) in [6.45, 7) is 3.43. The summed E-state index contributed by atoms with van der Waals surface area (Å²) in [5.41, 5.74) is 0.954. The molecule has 0 aliphatic carbocycles. The summed E-state index contributed by atoms with van der Waals surface area (Å²) in [7, 11) is 0. The smallest absolute Gasteiger partial charge is 0.0990 e. The quantitative estimate of drug-likeness (QED) is 0.548. The molecule has 0 fully saturated rings. The lowest BCUT2D eigenvalue weighted by atomic mass is 10.4. The summed E-state index contributed by atoms with van der Waals surface area (Å²) in [5.74, 6) is 0. The predicted octanol–water partition coefficient (Wildman–Crippen LogP) is 1.84. The number of aliphatic imine (C=N–C) groups is 1. The summed E-state index contributed by atoms with van der Waals surface area (Å²) in [6, 6.07) is 1.83. The molecule has 2 heteroatoms. The van der Waals surface area contributed by atoms with Crippen LogP contribution in [0.25, 0.3) is 0 Å². The van der Waals surface area contributed by atoms with E-state index in [-0.39, 0.29) is 0 Å². The first-order valence-electron chi connectivity index (χ1n) is 2.60. The molecule has 9 heavy (non-hydrogen) atoms. The van der Waals surface area contributed by atoms with Crippen LogP contribution < -0.4 is 0 Å². The first-order chi connectivity index (χ1) is 4.43. The zero-order valence-corrected chi connectivity index (χ0v) is 4.95. The van der Waals surface area contributed by atoms with Crippen molar-refractivity contribution in [1.82, 2.24) is 0 Å². The largest absolute Gasteiger partial charge is 0.472 e. The van der Waals surface area contributed by atoms with Gasteiger partial charge in [0.15, 0.2) is 0 Å². The van der Waals surface area contributed by atoms with Gasteiger partial charge in [-0.1, -0.05) is 6.58 Å². The van der Waals surface area contributed by atoms with Crippen LogP contribution in [0.1, 0.15) is 5.56 Å². The van der Waals surface area contributed by atoms with Gasteiger partial charge in [-0.2, -0.15) is 0 Å². The van der Waals surface area contributed by atoms with Crippen LogP contribution in [0.5, 0.6) is 0 Å². The van der Waals surface area contributed by atoms with Crippen molar-refractivity contribution in [2.24, 2.45) is 4.99 Å². The SMILES string of the molecule is C=CN=Cc1ccoc1. The first-order valence-corrected chi connectivity index (χ1v) is 2.60. The Kier molecular flexibility index (Phi) is 1.85. The van der Waals surface area contributed by atoms with E-state index in [0.717, 1.165) is 5.56 Å². The second-order valence-electron chi connectivity index (χ2n) is 1.52. The van der Waals surface area contributed by atoms with Gasteiger partial charge in [0.1, 0.15) is 0 Å². The summed E-state index contributed by atoms with van der Waals surface area (Å²) in [6.07, 6.45) is 6.38. The maximum Gasteiger partial charge on any atom is 0.0990 e. The summed E-state index contributed by atoms with van der Waals surface area (Å²) < 4.78 is 4.79. The molecule has 0 atom stereocenters. The van der Waals surface area contributed by atoms with Crippen LogP contribution in [-0.2, 0) is 0 Å². The second kappa shape index (κ2) is 2.87. The van der Waals surface area contributed by atoms with Gasteiger partial charge in [0.25, 0.3) is 0 Å². The van der Waals surface area contributed by atoms with Gasteiger partial charge in [-0.15, -0.1) is 0 Å². The van der Waals surface area contributed by atoms with Crippen LogP contribution in [0.3, 0.4) is 0 Å². The van der Waals surface area contributed by atoms with Gasteiger partial charge < -0.3 is 4.42 Å². The number of nitrogens with zero attached hydrogens (tertiary/aromatic N) is 1. The molecule has 0 radical (unpaired) electrons. The Bertz CT molecular complexity index is 199. The predicted molar refractivity (Wildman–Crippen MR) is 36.5 cm³/mol. The van der Waals surface area contributed by atoms with E-state index in [1.807, 2.05) is 6.07 Å². The van der Waals surface area contributed by atoms with Crippen molar-refractivity contribution < 1.29 is 4.42 Å². The van der Waals surface area contributed by atoms with Gasteiger partial charge in [-0.3, -0.25) is 4.99 Å². The van der Waals surface area contributed by atoms with Gasteiger partial charge in [0.05, 0.1) is 12.5 Å². The third kappa shape index (κ3) is 1.57. The van der Waals surface area contributed by atoms with Crippen LogP contribution in [0.2, 0.25) is 0 Å². The number of furan rings is 1. The Morgan fingerprint density at radius 2 is 2.56 bits per heavy atom. The lowest BCUT2D eigenvalue weighted by Gasteiger charge is -1.74. The molecule has 0 saturated heterocycles. The molecule has 0 spiro atoms. The molecule has 0 aliphatic heterocycles. The average Bonchev–Trinajstić information content (AvgIpc) is 2.34. The highest BCUT2D eigenvalue weighted by Gasteiger charge is 1.83. The Hall–Kier alpha value is -1.31. The van der Waals surface area contributed by atoms with E-state index < -0.39 is 0 Å². The Balaban J connectivity index is 2.67.